The quantitative estimate of drug-likeness (QED) is 0.0231. The summed E-state index contributed by atoms with van der Waals surface area (Å²) >= 11 is 0. The molecular weight excluding hydrogens is 1160 g/mol. The number of unbranched alkanes of at least 4 members (excludes halogenated alkanes) is 65. The van der Waals surface area contributed by atoms with Gasteiger partial charge in [0, 0.05) is 0 Å². The highest BCUT2D eigenvalue weighted by atomic mass is 16.6. The first-order valence-corrected chi connectivity index (χ1v) is 42.9. The van der Waals surface area contributed by atoms with Crippen LogP contribution >= 0.6 is 0 Å². The van der Waals surface area contributed by atoms with Crippen LogP contribution in [-0.2, 0) is 14.3 Å². The number of rotatable bonds is 77. The summed E-state index contributed by atoms with van der Waals surface area (Å²) < 4.78 is 10.8. The van der Waals surface area contributed by atoms with Crippen molar-refractivity contribution in [1.82, 2.24) is 0 Å². The Bertz CT molecular complexity index is 1540. The fourth-order valence-electron chi connectivity index (χ4n) is 14.5. The molecule has 5 N–H and O–H groups in total. The lowest BCUT2D eigenvalue weighted by Crippen LogP contribution is -2.58. The van der Waals surface area contributed by atoms with Crippen LogP contribution in [0.1, 0.15) is 470 Å². The van der Waals surface area contributed by atoms with Crippen molar-refractivity contribution < 1.29 is 39.8 Å². The lowest BCUT2D eigenvalue weighted by atomic mass is 9.91. The van der Waals surface area contributed by atoms with Gasteiger partial charge in [0.25, 0.3) is 0 Å². The smallest absolute Gasteiger partial charge is 0.311 e. The van der Waals surface area contributed by atoms with Crippen LogP contribution in [0.2, 0.25) is 0 Å². The molecule has 0 spiro atoms. The molecule has 0 amide bonds. The summed E-state index contributed by atoms with van der Waals surface area (Å²) in [7, 11) is 0. The van der Waals surface area contributed by atoms with E-state index in [1.54, 1.807) is 0 Å². The van der Waals surface area contributed by atoms with Gasteiger partial charge in [0.2, 0.25) is 0 Å². The highest BCUT2D eigenvalue weighted by molar-refractivity contribution is 5.73. The van der Waals surface area contributed by atoms with Crippen LogP contribution in [0.3, 0.4) is 0 Å². The molecule has 0 radical (unpaired) electrons. The zero-order chi connectivity index (χ0) is 67.8. The van der Waals surface area contributed by atoms with Gasteiger partial charge in [-0.25, -0.2) is 0 Å². The molecule has 0 aliphatic carbocycles. The molecule has 1 aliphatic rings. The maximum atomic E-state index is 13.4. The van der Waals surface area contributed by atoms with Crippen LogP contribution < -0.4 is 0 Å². The van der Waals surface area contributed by atoms with Crippen LogP contribution in [0.5, 0.6) is 0 Å². The summed E-state index contributed by atoms with van der Waals surface area (Å²) in [5.74, 6) is -1.21. The molecule has 94 heavy (non-hydrogen) atoms. The van der Waals surface area contributed by atoms with E-state index in [0.29, 0.717) is 12.8 Å². The van der Waals surface area contributed by atoms with E-state index in [1.165, 1.54) is 405 Å². The van der Waals surface area contributed by atoms with E-state index in [9.17, 15) is 30.3 Å². The fraction of sp³-hybridized carbons (Fsp3) is 0.942. The molecule has 1 saturated heterocycles. The molecule has 1 heterocycles. The third kappa shape index (κ3) is 61.8. The van der Waals surface area contributed by atoms with Crippen LogP contribution in [-0.4, -0.2) is 74.9 Å². The van der Waals surface area contributed by atoms with E-state index in [4.69, 9.17) is 9.47 Å². The van der Waals surface area contributed by atoms with Crippen molar-refractivity contribution in [3.8, 4) is 0 Å². The maximum Gasteiger partial charge on any atom is 0.311 e. The molecule has 8 nitrogen and oxygen atoms in total. The van der Waals surface area contributed by atoms with Gasteiger partial charge in [0.1, 0.15) is 31.0 Å². The summed E-state index contributed by atoms with van der Waals surface area (Å²) in [6.07, 6.45) is 96.1. The second kappa shape index (κ2) is 74.4. The van der Waals surface area contributed by atoms with Crippen molar-refractivity contribution >= 4 is 5.97 Å². The molecule has 1 rings (SSSR count). The SMILES string of the molecule is CCCCCCCCCCCCCCCCCCCC/C=C\CCCCCCCCCCCCC/C=C\CCCCCCCCCCCCCCCC[C@@H](O)[C@@H](CCCCCCCCCCCCCCCCCCCCCCCC)C(=O)OC[C@H]1OC(O)[C@H](O)[C@@H](O)[C@@H]1O. The van der Waals surface area contributed by atoms with Gasteiger partial charge in [-0.3, -0.25) is 4.79 Å². The molecule has 0 aromatic rings. The van der Waals surface area contributed by atoms with Gasteiger partial charge >= 0.3 is 5.97 Å². The highest BCUT2D eigenvalue weighted by Gasteiger charge is 2.44. The van der Waals surface area contributed by atoms with E-state index in [0.717, 1.165) is 38.5 Å². The first-order chi connectivity index (χ1) is 46.3. The van der Waals surface area contributed by atoms with E-state index in [2.05, 4.69) is 38.2 Å². The molecule has 1 fully saturated rings. The lowest BCUT2D eigenvalue weighted by Gasteiger charge is -2.38. The molecule has 558 valence electrons. The number of carbonyl (C=O) groups is 1. The third-order valence-corrected chi connectivity index (χ3v) is 21.1. The number of hydrogen-bond donors (Lipinski definition) is 5. The second-order valence-electron chi connectivity index (χ2n) is 30.3. The standard InChI is InChI=1S/C86H166O8/c1-3-5-7-9-11-13-15-17-19-21-23-25-27-28-29-30-31-32-33-34-35-36-37-38-39-40-41-42-43-44-45-46-47-48-49-50-51-52-53-54-55-57-59-61-63-65-67-69-71-73-75-77-80(87)79(85(91)93-78-81-82(88)83(89)84(90)86(92)94-81)76-74-72-70-68-66-64-62-60-58-56-26-24-22-20-18-16-14-12-10-8-6-4-2/h34-35,49-50,79-84,86-90,92H,3-33,36-48,51-78H2,1-2H3/b35-34-,50-49-/t79-,80-,81-,82-,83+,84-,86?/m1/s1. The molecule has 0 bridgehead atoms. The number of hydrogen-bond acceptors (Lipinski definition) is 8. The van der Waals surface area contributed by atoms with Gasteiger partial charge in [0.05, 0.1) is 12.0 Å². The number of esters is 1. The van der Waals surface area contributed by atoms with Crippen LogP contribution in [0, 0.1) is 5.92 Å². The Balaban J connectivity index is 1.95. The van der Waals surface area contributed by atoms with E-state index in [1.807, 2.05) is 0 Å². The van der Waals surface area contributed by atoms with Crippen molar-refractivity contribution in [2.75, 3.05) is 6.61 Å². The minimum absolute atomic E-state index is 0.374. The monoisotopic (exact) mass is 1330 g/mol. The van der Waals surface area contributed by atoms with E-state index < -0.39 is 48.7 Å². The Kier molecular flexibility index (Phi) is 71.8. The summed E-state index contributed by atoms with van der Waals surface area (Å²) in [5, 5.41) is 51.7. The normalized spacial score (nSPS) is 17.5. The number of aliphatic hydroxyl groups is 5. The molecule has 0 aromatic carbocycles. The minimum Gasteiger partial charge on any atom is -0.463 e. The van der Waals surface area contributed by atoms with Crippen molar-refractivity contribution in [3.63, 3.8) is 0 Å². The number of ether oxygens (including phenoxy) is 2. The molecule has 1 unspecified atom stereocenters. The largest absolute Gasteiger partial charge is 0.463 e. The second-order valence-corrected chi connectivity index (χ2v) is 30.3. The average molecular weight is 1330 g/mol. The van der Waals surface area contributed by atoms with E-state index in [-0.39, 0.29) is 6.61 Å². The summed E-state index contributed by atoms with van der Waals surface area (Å²) in [6, 6.07) is 0. The fourth-order valence-corrected chi connectivity index (χ4v) is 14.5. The molecule has 8 heteroatoms. The first kappa shape index (κ1) is 90.7. The zero-order valence-corrected chi connectivity index (χ0v) is 63.2. The van der Waals surface area contributed by atoms with Gasteiger partial charge < -0.3 is 35.0 Å². The Morgan fingerprint density at radius 3 is 0.755 bits per heavy atom. The van der Waals surface area contributed by atoms with Crippen molar-refractivity contribution in [2.45, 2.75) is 507 Å². The van der Waals surface area contributed by atoms with E-state index >= 15 is 0 Å². The highest BCUT2D eigenvalue weighted by Crippen LogP contribution is 2.26. The van der Waals surface area contributed by atoms with Crippen LogP contribution in [0.25, 0.3) is 0 Å². The Labute approximate surface area is 586 Å². The summed E-state index contributed by atoms with van der Waals surface area (Å²) in [6.45, 7) is 4.22. The third-order valence-electron chi connectivity index (χ3n) is 21.1. The Morgan fingerprint density at radius 1 is 0.298 bits per heavy atom. The van der Waals surface area contributed by atoms with Gasteiger partial charge in [-0.05, 0) is 64.2 Å². The number of aliphatic hydroxyl groups excluding tert-OH is 5. The predicted molar refractivity (Wildman–Crippen MR) is 407 cm³/mol. The minimum atomic E-state index is -1.69. The van der Waals surface area contributed by atoms with Gasteiger partial charge in [-0.15, -0.1) is 0 Å². The van der Waals surface area contributed by atoms with Gasteiger partial charge in [-0.2, -0.15) is 0 Å². The molecule has 0 aromatic heterocycles. The summed E-state index contributed by atoms with van der Waals surface area (Å²) in [5.41, 5.74) is 0. The Morgan fingerprint density at radius 2 is 0.511 bits per heavy atom. The number of carbonyl (C=O) groups excluding carboxylic acids is 1. The summed E-state index contributed by atoms with van der Waals surface area (Å²) in [4.78, 5) is 13.4. The molecule has 0 saturated carbocycles. The van der Waals surface area contributed by atoms with Crippen LogP contribution in [0.15, 0.2) is 24.3 Å². The Hall–Kier alpha value is -1.29. The van der Waals surface area contributed by atoms with Crippen molar-refractivity contribution in [2.24, 2.45) is 5.92 Å². The predicted octanol–water partition coefficient (Wildman–Crippen LogP) is 26.2. The lowest BCUT2D eigenvalue weighted by molar-refractivity contribution is -0.287. The maximum absolute atomic E-state index is 13.4. The van der Waals surface area contributed by atoms with Gasteiger partial charge in [-0.1, -0.05) is 430 Å². The van der Waals surface area contributed by atoms with Crippen molar-refractivity contribution in [1.29, 1.82) is 0 Å². The van der Waals surface area contributed by atoms with Crippen molar-refractivity contribution in [3.05, 3.63) is 24.3 Å². The first-order valence-electron chi connectivity index (χ1n) is 42.9. The number of allylic oxidation sites excluding steroid dienone is 4. The molecule has 1 aliphatic heterocycles. The molecule has 7 atom stereocenters. The topological polar surface area (TPSA) is 137 Å². The van der Waals surface area contributed by atoms with Crippen LogP contribution in [0.4, 0.5) is 0 Å². The molecular formula is C86H166O8. The average Bonchev–Trinajstić information content (AvgIpc) is 0.854. The van der Waals surface area contributed by atoms with Gasteiger partial charge in [0.15, 0.2) is 6.29 Å². The zero-order valence-electron chi connectivity index (χ0n) is 63.2.